The minimum atomic E-state index is -0.496. The fraction of sp³-hybridized carbons (Fsp3) is 0.227. The number of rotatable bonds is 4. The Morgan fingerprint density at radius 1 is 1.07 bits per heavy atom. The summed E-state index contributed by atoms with van der Waals surface area (Å²) in [6.45, 7) is 1.56. The number of likely N-dealkylation sites (tertiary alicyclic amines) is 1. The number of pyridine rings is 1. The van der Waals surface area contributed by atoms with Gasteiger partial charge in [-0.3, -0.25) is 10.1 Å². The maximum atomic E-state index is 12.4. The van der Waals surface area contributed by atoms with Gasteiger partial charge >= 0.3 is 6.03 Å². The Bertz CT molecular complexity index is 1070. The average molecular weight is 389 g/mol. The Kier molecular flexibility index (Phi) is 5.29. The molecule has 0 aliphatic carbocycles. The molecule has 3 heterocycles. The molecule has 7 nitrogen and oxygen atoms in total. The minimum Gasteiger partial charge on any atom is -0.366 e. The van der Waals surface area contributed by atoms with E-state index in [1.165, 1.54) is 6.42 Å². The third kappa shape index (κ3) is 4.13. The van der Waals surface area contributed by atoms with E-state index in [1.54, 1.807) is 18.3 Å². The van der Waals surface area contributed by atoms with E-state index >= 15 is 0 Å². The number of primary amides is 1. The summed E-state index contributed by atoms with van der Waals surface area (Å²) in [6.07, 6.45) is 6.78. The topological polar surface area (TPSA) is 104 Å². The number of carbonyl (C=O) groups is 2. The number of aromatic amines is 1. The number of piperidine rings is 1. The molecule has 1 saturated heterocycles. The highest BCUT2D eigenvalue weighted by atomic mass is 16.2. The Balaban J connectivity index is 1.59. The molecule has 29 heavy (non-hydrogen) atoms. The van der Waals surface area contributed by atoms with E-state index < -0.39 is 5.91 Å². The van der Waals surface area contributed by atoms with Gasteiger partial charge in [0.1, 0.15) is 11.5 Å². The predicted molar refractivity (Wildman–Crippen MR) is 114 cm³/mol. The lowest BCUT2D eigenvalue weighted by atomic mass is 10.0. The third-order valence-electron chi connectivity index (χ3n) is 5.10. The second-order valence-electron chi connectivity index (χ2n) is 7.10. The molecule has 3 amide bonds. The molecule has 0 atom stereocenters. The van der Waals surface area contributed by atoms with E-state index in [1.807, 2.05) is 41.3 Å². The first-order valence-electron chi connectivity index (χ1n) is 9.73. The SMILES string of the molecule is NC(=O)/C(=C\c1c[nH]c2nc(NC(=O)N3CCCCC3)ccc12)c1ccccc1. The Labute approximate surface area is 168 Å². The molecule has 4 N–H and O–H groups in total. The highest BCUT2D eigenvalue weighted by Crippen LogP contribution is 2.24. The van der Waals surface area contributed by atoms with E-state index in [0.717, 1.165) is 42.4 Å². The van der Waals surface area contributed by atoms with Gasteiger partial charge in [0, 0.05) is 35.8 Å². The van der Waals surface area contributed by atoms with Crippen LogP contribution >= 0.6 is 0 Å². The van der Waals surface area contributed by atoms with E-state index in [-0.39, 0.29) is 6.03 Å². The lowest BCUT2D eigenvalue weighted by Gasteiger charge is -2.26. The second kappa shape index (κ2) is 8.18. The van der Waals surface area contributed by atoms with Crippen molar-refractivity contribution in [2.45, 2.75) is 19.3 Å². The number of hydrogen-bond donors (Lipinski definition) is 3. The van der Waals surface area contributed by atoms with Crippen molar-refractivity contribution < 1.29 is 9.59 Å². The van der Waals surface area contributed by atoms with Crippen molar-refractivity contribution in [3.63, 3.8) is 0 Å². The molecule has 1 aromatic carbocycles. The minimum absolute atomic E-state index is 0.122. The highest BCUT2D eigenvalue weighted by Gasteiger charge is 2.17. The fourth-order valence-corrected chi connectivity index (χ4v) is 3.57. The summed E-state index contributed by atoms with van der Waals surface area (Å²) >= 11 is 0. The number of fused-ring (bicyclic) bond motifs is 1. The standard InChI is InChI=1S/C22H23N5O2/c23-20(28)18(15-7-3-1-4-8-15)13-16-14-24-21-17(16)9-10-19(25-21)26-22(29)27-11-5-2-6-12-27/h1,3-4,7-10,13-14H,2,5-6,11-12H2,(H2,23,28)(H2,24,25,26,29)/b18-13-. The summed E-state index contributed by atoms with van der Waals surface area (Å²) < 4.78 is 0. The molecule has 3 aromatic rings. The molecular weight excluding hydrogens is 366 g/mol. The van der Waals surface area contributed by atoms with Gasteiger partial charge in [-0.05, 0) is 43.0 Å². The van der Waals surface area contributed by atoms with Crippen LogP contribution in [0.2, 0.25) is 0 Å². The Morgan fingerprint density at radius 2 is 1.83 bits per heavy atom. The van der Waals surface area contributed by atoms with E-state index in [0.29, 0.717) is 17.0 Å². The van der Waals surface area contributed by atoms with Gasteiger partial charge in [-0.15, -0.1) is 0 Å². The number of nitrogens with one attached hydrogen (secondary N) is 2. The summed E-state index contributed by atoms with van der Waals surface area (Å²) in [7, 11) is 0. The summed E-state index contributed by atoms with van der Waals surface area (Å²) in [6, 6.07) is 12.8. The van der Waals surface area contributed by atoms with Gasteiger partial charge in [0.05, 0.1) is 0 Å². The number of carbonyl (C=O) groups excluding carboxylic acids is 2. The maximum absolute atomic E-state index is 12.4. The van der Waals surface area contributed by atoms with Crippen LogP contribution in [0.1, 0.15) is 30.4 Å². The monoisotopic (exact) mass is 389 g/mol. The fourth-order valence-electron chi connectivity index (χ4n) is 3.57. The van der Waals surface area contributed by atoms with Crippen molar-refractivity contribution in [3.05, 3.63) is 59.8 Å². The molecule has 0 saturated carbocycles. The van der Waals surface area contributed by atoms with Crippen LogP contribution in [-0.4, -0.2) is 39.9 Å². The van der Waals surface area contributed by atoms with Crippen LogP contribution in [0.3, 0.4) is 0 Å². The molecule has 7 heteroatoms. The lowest BCUT2D eigenvalue weighted by molar-refractivity contribution is -0.112. The second-order valence-corrected chi connectivity index (χ2v) is 7.10. The van der Waals surface area contributed by atoms with E-state index in [9.17, 15) is 9.59 Å². The van der Waals surface area contributed by atoms with Crippen LogP contribution in [0.25, 0.3) is 22.7 Å². The van der Waals surface area contributed by atoms with Gasteiger partial charge in [0.2, 0.25) is 5.91 Å². The molecule has 0 spiro atoms. The Hall–Kier alpha value is -3.61. The van der Waals surface area contributed by atoms with Gasteiger partial charge < -0.3 is 15.6 Å². The predicted octanol–water partition coefficient (Wildman–Crippen LogP) is 3.61. The molecule has 148 valence electrons. The zero-order chi connectivity index (χ0) is 20.2. The largest absolute Gasteiger partial charge is 0.366 e. The zero-order valence-electron chi connectivity index (χ0n) is 16.0. The number of amides is 3. The van der Waals surface area contributed by atoms with E-state index in [4.69, 9.17) is 5.73 Å². The number of aromatic nitrogens is 2. The number of nitrogens with zero attached hydrogens (tertiary/aromatic N) is 2. The maximum Gasteiger partial charge on any atom is 0.323 e. The van der Waals surface area contributed by atoms with Crippen LogP contribution in [0, 0.1) is 0 Å². The van der Waals surface area contributed by atoms with Crippen molar-refractivity contribution in [3.8, 4) is 0 Å². The van der Waals surface area contributed by atoms with Crippen LogP contribution in [0.15, 0.2) is 48.7 Å². The third-order valence-corrected chi connectivity index (χ3v) is 5.10. The van der Waals surface area contributed by atoms with Gasteiger partial charge in [-0.1, -0.05) is 30.3 Å². The smallest absolute Gasteiger partial charge is 0.323 e. The quantitative estimate of drug-likeness (QED) is 0.594. The molecule has 0 bridgehead atoms. The Morgan fingerprint density at radius 3 is 2.55 bits per heavy atom. The molecule has 1 aliphatic rings. The first kappa shape index (κ1) is 18.7. The van der Waals surface area contributed by atoms with Crippen molar-refractivity contribution in [2.24, 2.45) is 5.73 Å². The number of urea groups is 1. The van der Waals surface area contributed by atoms with Crippen molar-refractivity contribution in [2.75, 3.05) is 18.4 Å². The normalized spacial score (nSPS) is 14.8. The number of anilines is 1. The van der Waals surface area contributed by atoms with Gasteiger partial charge in [-0.25, -0.2) is 9.78 Å². The number of nitrogens with two attached hydrogens (primary N) is 1. The summed E-state index contributed by atoms with van der Waals surface area (Å²) in [5.74, 6) is -0.00689. The first-order chi connectivity index (χ1) is 14.1. The summed E-state index contributed by atoms with van der Waals surface area (Å²) in [5, 5.41) is 3.71. The molecule has 0 radical (unpaired) electrons. The summed E-state index contributed by atoms with van der Waals surface area (Å²) in [4.78, 5) is 33.8. The molecule has 2 aromatic heterocycles. The van der Waals surface area contributed by atoms with Crippen molar-refractivity contribution in [1.82, 2.24) is 14.9 Å². The number of hydrogen-bond acceptors (Lipinski definition) is 3. The lowest BCUT2D eigenvalue weighted by Crippen LogP contribution is -2.38. The van der Waals surface area contributed by atoms with Crippen molar-refractivity contribution >= 4 is 40.4 Å². The molecular formula is C22H23N5O2. The van der Waals surface area contributed by atoms with Crippen LogP contribution in [-0.2, 0) is 4.79 Å². The highest BCUT2D eigenvalue weighted by molar-refractivity contribution is 6.24. The van der Waals surface area contributed by atoms with Crippen LogP contribution < -0.4 is 11.1 Å². The van der Waals surface area contributed by atoms with E-state index in [2.05, 4.69) is 15.3 Å². The molecule has 1 fully saturated rings. The van der Waals surface area contributed by atoms with Gasteiger partial charge in [-0.2, -0.15) is 0 Å². The molecule has 1 aliphatic heterocycles. The first-order valence-corrected chi connectivity index (χ1v) is 9.73. The average Bonchev–Trinajstić information content (AvgIpc) is 3.15. The molecule has 4 rings (SSSR count). The number of benzene rings is 1. The van der Waals surface area contributed by atoms with Gasteiger partial charge in [0.15, 0.2) is 0 Å². The van der Waals surface area contributed by atoms with Crippen LogP contribution in [0.5, 0.6) is 0 Å². The molecule has 0 unspecified atom stereocenters. The van der Waals surface area contributed by atoms with Crippen molar-refractivity contribution in [1.29, 1.82) is 0 Å². The van der Waals surface area contributed by atoms with Crippen LogP contribution in [0.4, 0.5) is 10.6 Å². The van der Waals surface area contributed by atoms with Gasteiger partial charge in [0.25, 0.3) is 0 Å². The summed E-state index contributed by atoms with van der Waals surface area (Å²) in [5.41, 5.74) is 8.21. The zero-order valence-corrected chi connectivity index (χ0v) is 16.0. The number of H-pyrrole nitrogens is 1.